The highest BCUT2D eigenvalue weighted by atomic mass is 79.9. The summed E-state index contributed by atoms with van der Waals surface area (Å²) in [5, 5.41) is 2.84. The number of anilines is 1. The van der Waals surface area contributed by atoms with Crippen molar-refractivity contribution in [3.05, 3.63) is 48.9 Å². The highest BCUT2D eigenvalue weighted by Gasteiger charge is 2.08. The summed E-state index contributed by atoms with van der Waals surface area (Å²) >= 11 is 4.76. The summed E-state index contributed by atoms with van der Waals surface area (Å²) in [5.41, 5.74) is 5.92. The van der Waals surface area contributed by atoms with Crippen LogP contribution in [0.3, 0.4) is 0 Å². The zero-order chi connectivity index (χ0) is 14.0. The first-order chi connectivity index (χ1) is 8.99. The van der Waals surface area contributed by atoms with Gasteiger partial charge < -0.3 is 5.73 Å². The molecule has 0 saturated heterocycles. The highest BCUT2D eigenvalue weighted by molar-refractivity contribution is 9.10. The second-order valence-electron chi connectivity index (χ2n) is 3.81. The lowest BCUT2D eigenvalue weighted by Gasteiger charge is -2.08. The Balaban J connectivity index is 2.24. The van der Waals surface area contributed by atoms with E-state index in [1.165, 1.54) is 16.4 Å². The van der Waals surface area contributed by atoms with Crippen LogP contribution in [0.2, 0.25) is 0 Å². The predicted molar refractivity (Wildman–Crippen MR) is 78.2 cm³/mol. The fourth-order valence-corrected chi connectivity index (χ4v) is 2.95. The number of aromatic amines is 1. The van der Waals surface area contributed by atoms with Crippen LogP contribution in [-0.4, -0.2) is 14.8 Å². The summed E-state index contributed by atoms with van der Waals surface area (Å²) in [6.07, 6.45) is 0. The normalized spacial score (nSPS) is 10.6. The van der Waals surface area contributed by atoms with Gasteiger partial charge in [-0.3, -0.25) is 19.4 Å². The summed E-state index contributed by atoms with van der Waals surface area (Å²) in [4.78, 5) is 26.0. The molecule has 0 aliphatic carbocycles. The molecule has 19 heavy (non-hydrogen) atoms. The number of nitrogens with two attached hydrogens (primary N) is 1. The number of rotatable bonds is 3. The number of halogens is 1. The van der Waals surface area contributed by atoms with Gasteiger partial charge in [-0.05, 0) is 27.6 Å². The van der Waals surface area contributed by atoms with E-state index in [-0.39, 0.29) is 0 Å². The van der Waals surface area contributed by atoms with Gasteiger partial charge in [0.15, 0.2) is 5.16 Å². The van der Waals surface area contributed by atoms with E-state index in [0.29, 0.717) is 16.6 Å². The third-order valence-corrected chi connectivity index (χ3v) is 4.46. The molecule has 1 aromatic carbocycles. The van der Waals surface area contributed by atoms with E-state index < -0.39 is 11.1 Å². The number of thioether (sulfide) groups is 1. The highest BCUT2D eigenvalue weighted by Crippen LogP contribution is 2.28. The molecule has 0 unspecified atom stereocenters. The Morgan fingerprint density at radius 2 is 2.21 bits per heavy atom. The zero-order valence-electron chi connectivity index (χ0n) is 10.0. The lowest BCUT2D eigenvalue weighted by molar-refractivity contribution is 0.596. The molecule has 0 saturated carbocycles. The molecule has 0 bridgehead atoms. The van der Waals surface area contributed by atoms with E-state index in [1.807, 2.05) is 12.1 Å². The minimum absolute atomic E-state index is 0.443. The molecule has 0 fully saturated rings. The summed E-state index contributed by atoms with van der Waals surface area (Å²) in [5.74, 6) is 0.581. The first-order valence-electron chi connectivity index (χ1n) is 5.32. The Labute approximate surface area is 121 Å². The minimum atomic E-state index is -0.785. The fraction of sp³-hybridized carbons (Fsp3) is 0.182. The van der Waals surface area contributed by atoms with Crippen LogP contribution in [-0.2, 0) is 12.8 Å². The lowest BCUT2D eigenvalue weighted by atomic mass is 10.2. The van der Waals surface area contributed by atoms with Crippen molar-refractivity contribution in [2.75, 3.05) is 5.73 Å². The maximum Gasteiger partial charge on any atom is 0.339 e. The maximum absolute atomic E-state index is 11.2. The Hall–Kier alpha value is -1.54. The first kappa shape index (κ1) is 13.9. The molecule has 2 rings (SSSR count). The molecule has 0 aliphatic heterocycles. The number of benzene rings is 1. The molecule has 6 nitrogen and oxygen atoms in total. The van der Waals surface area contributed by atoms with Crippen molar-refractivity contribution in [1.82, 2.24) is 14.8 Å². The molecule has 8 heteroatoms. The third kappa shape index (κ3) is 3.07. The minimum Gasteiger partial charge on any atom is -0.398 e. The van der Waals surface area contributed by atoms with Gasteiger partial charge in [-0.1, -0.05) is 23.9 Å². The van der Waals surface area contributed by atoms with E-state index in [2.05, 4.69) is 26.0 Å². The van der Waals surface area contributed by atoms with Crippen molar-refractivity contribution < 1.29 is 0 Å². The molecule has 0 spiro atoms. The second kappa shape index (κ2) is 5.62. The standard InChI is InChI=1S/C11H11BrN4O2S/c1-16-11(14-9(17)10(18)15-16)19-5-6-3-2-4-7(13)8(6)12/h2-4H,5,13H2,1H3,(H,15,18). The van der Waals surface area contributed by atoms with E-state index >= 15 is 0 Å². The van der Waals surface area contributed by atoms with Crippen LogP contribution < -0.4 is 16.9 Å². The summed E-state index contributed by atoms with van der Waals surface area (Å²) in [7, 11) is 1.63. The largest absolute Gasteiger partial charge is 0.398 e. The van der Waals surface area contributed by atoms with Gasteiger partial charge in [-0.2, -0.15) is 4.98 Å². The molecule has 0 atom stereocenters. The molecular weight excluding hydrogens is 332 g/mol. The van der Waals surface area contributed by atoms with Gasteiger partial charge in [0.2, 0.25) is 0 Å². The van der Waals surface area contributed by atoms with Crippen molar-refractivity contribution in [2.24, 2.45) is 7.05 Å². The average Bonchev–Trinajstić information content (AvgIpc) is 2.37. The lowest BCUT2D eigenvalue weighted by Crippen LogP contribution is -2.33. The SMILES string of the molecule is Cn1[nH]c(=O)c(=O)nc1SCc1cccc(N)c1Br. The fourth-order valence-electron chi connectivity index (χ4n) is 1.44. The molecular formula is C11H11BrN4O2S. The molecule has 2 aromatic rings. The van der Waals surface area contributed by atoms with Gasteiger partial charge in [0, 0.05) is 23.0 Å². The zero-order valence-corrected chi connectivity index (χ0v) is 12.4. The van der Waals surface area contributed by atoms with Gasteiger partial charge in [0.05, 0.1) is 0 Å². The number of aryl methyl sites for hydroxylation is 1. The Kier molecular flexibility index (Phi) is 4.11. The quantitative estimate of drug-likeness (QED) is 0.495. The topological polar surface area (TPSA) is 93.8 Å². The van der Waals surface area contributed by atoms with Crippen LogP contribution in [0.5, 0.6) is 0 Å². The average molecular weight is 343 g/mol. The molecule has 0 radical (unpaired) electrons. The van der Waals surface area contributed by atoms with E-state index in [4.69, 9.17) is 5.73 Å². The van der Waals surface area contributed by atoms with Crippen LogP contribution in [0.15, 0.2) is 37.4 Å². The smallest absolute Gasteiger partial charge is 0.339 e. The number of hydrogen-bond donors (Lipinski definition) is 2. The van der Waals surface area contributed by atoms with Crippen molar-refractivity contribution >= 4 is 33.4 Å². The summed E-state index contributed by atoms with van der Waals surface area (Å²) in [6.45, 7) is 0. The Morgan fingerprint density at radius 3 is 2.95 bits per heavy atom. The Bertz CT molecular complexity index is 725. The Morgan fingerprint density at radius 1 is 1.47 bits per heavy atom. The summed E-state index contributed by atoms with van der Waals surface area (Å²) in [6, 6.07) is 5.58. The van der Waals surface area contributed by atoms with E-state index in [1.54, 1.807) is 13.1 Å². The van der Waals surface area contributed by atoms with Crippen molar-refractivity contribution in [3.8, 4) is 0 Å². The number of nitrogens with one attached hydrogen (secondary N) is 1. The number of H-pyrrole nitrogens is 1. The van der Waals surface area contributed by atoms with Crippen molar-refractivity contribution in [3.63, 3.8) is 0 Å². The van der Waals surface area contributed by atoms with Gasteiger partial charge in [-0.25, -0.2) is 0 Å². The third-order valence-electron chi connectivity index (χ3n) is 2.41. The number of hydrogen-bond acceptors (Lipinski definition) is 5. The van der Waals surface area contributed by atoms with Crippen LogP contribution in [0, 0.1) is 0 Å². The molecule has 0 amide bonds. The maximum atomic E-state index is 11.2. The summed E-state index contributed by atoms with van der Waals surface area (Å²) < 4.78 is 2.26. The van der Waals surface area contributed by atoms with Crippen LogP contribution in [0.25, 0.3) is 0 Å². The van der Waals surface area contributed by atoms with Gasteiger partial charge >= 0.3 is 11.1 Å². The van der Waals surface area contributed by atoms with Crippen LogP contribution >= 0.6 is 27.7 Å². The molecule has 3 N–H and O–H groups in total. The predicted octanol–water partition coefficient (Wildman–Crippen LogP) is 1.11. The molecule has 1 aromatic heterocycles. The van der Waals surface area contributed by atoms with Crippen LogP contribution in [0.4, 0.5) is 5.69 Å². The number of aromatic nitrogens is 3. The second-order valence-corrected chi connectivity index (χ2v) is 5.54. The van der Waals surface area contributed by atoms with Gasteiger partial charge in [-0.15, -0.1) is 0 Å². The molecule has 100 valence electrons. The monoisotopic (exact) mass is 342 g/mol. The van der Waals surface area contributed by atoms with E-state index in [9.17, 15) is 9.59 Å². The van der Waals surface area contributed by atoms with Gasteiger partial charge in [0.25, 0.3) is 0 Å². The number of nitrogen functional groups attached to an aromatic ring is 1. The van der Waals surface area contributed by atoms with Crippen molar-refractivity contribution in [2.45, 2.75) is 10.9 Å². The molecule has 0 aliphatic rings. The van der Waals surface area contributed by atoms with Crippen molar-refractivity contribution in [1.29, 1.82) is 0 Å². The van der Waals surface area contributed by atoms with Gasteiger partial charge in [0.1, 0.15) is 0 Å². The molecule has 1 heterocycles. The van der Waals surface area contributed by atoms with Crippen LogP contribution in [0.1, 0.15) is 5.56 Å². The van der Waals surface area contributed by atoms with E-state index in [0.717, 1.165) is 10.0 Å². The first-order valence-corrected chi connectivity index (χ1v) is 7.10. The number of nitrogens with zero attached hydrogens (tertiary/aromatic N) is 2.